The van der Waals surface area contributed by atoms with E-state index in [2.05, 4.69) is 6.58 Å². The predicted molar refractivity (Wildman–Crippen MR) is 129 cm³/mol. The molecule has 0 bridgehead atoms. The number of alkyl halides is 6. The summed E-state index contributed by atoms with van der Waals surface area (Å²) in [5, 5.41) is 8.82. The number of rotatable bonds is 8. The lowest BCUT2D eigenvalue weighted by atomic mass is 9.82. The number of piperidine rings is 1. The fourth-order valence-electron chi connectivity index (χ4n) is 5.08. The number of carboxylic acid groups (broad SMARTS) is 1. The van der Waals surface area contributed by atoms with E-state index < -0.39 is 57.9 Å². The summed E-state index contributed by atoms with van der Waals surface area (Å²) >= 11 is 5.93. The first kappa shape index (κ1) is 30.0. The van der Waals surface area contributed by atoms with Gasteiger partial charge in [-0.3, -0.25) is 9.69 Å². The molecule has 3 rings (SSSR count). The fourth-order valence-corrected chi connectivity index (χ4v) is 5.25. The topological polar surface area (TPSA) is 40.5 Å². The molecule has 11 heteroatoms. The Labute approximate surface area is 220 Å². The Morgan fingerprint density at radius 1 is 1.11 bits per heavy atom. The number of likely N-dealkylation sites (tertiary alicyclic amines) is 1. The molecule has 3 unspecified atom stereocenters. The van der Waals surface area contributed by atoms with Crippen LogP contribution in [0.4, 0.5) is 30.7 Å². The molecule has 2 aromatic carbocycles. The summed E-state index contributed by atoms with van der Waals surface area (Å²) in [6.07, 6.45) is -8.94. The van der Waals surface area contributed by atoms with Gasteiger partial charge in [0.05, 0.1) is 16.1 Å². The average molecular weight is 566 g/mol. The highest BCUT2D eigenvalue weighted by molar-refractivity contribution is 6.30. The van der Waals surface area contributed by atoms with Gasteiger partial charge in [0.2, 0.25) is 0 Å². The van der Waals surface area contributed by atoms with Gasteiger partial charge < -0.3 is 5.11 Å². The van der Waals surface area contributed by atoms with Gasteiger partial charge in [-0.1, -0.05) is 29.3 Å². The van der Waals surface area contributed by atoms with Gasteiger partial charge in [-0.05, 0) is 74.9 Å². The molecule has 3 nitrogen and oxygen atoms in total. The van der Waals surface area contributed by atoms with Crippen LogP contribution in [0.1, 0.15) is 73.4 Å². The lowest BCUT2D eigenvalue weighted by Crippen LogP contribution is -2.41. The van der Waals surface area contributed by atoms with Crippen LogP contribution in [-0.2, 0) is 17.1 Å². The van der Waals surface area contributed by atoms with E-state index in [9.17, 15) is 36.2 Å². The van der Waals surface area contributed by atoms with Crippen molar-refractivity contribution in [3.8, 4) is 0 Å². The van der Waals surface area contributed by atoms with Gasteiger partial charge in [0.1, 0.15) is 5.82 Å². The van der Waals surface area contributed by atoms with Crippen LogP contribution >= 0.6 is 11.6 Å². The van der Waals surface area contributed by atoms with Gasteiger partial charge >= 0.3 is 18.3 Å². The Morgan fingerprint density at radius 3 is 2.26 bits per heavy atom. The Hall–Kier alpha value is -2.59. The Kier molecular flexibility index (Phi) is 9.19. The fraction of sp³-hybridized carbons (Fsp3) is 0.444. The van der Waals surface area contributed by atoms with Crippen LogP contribution in [0, 0.1) is 11.7 Å². The van der Waals surface area contributed by atoms with E-state index in [1.807, 2.05) is 0 Å². The molecule has 3 atom stereocenters. The number of hydrogen-bond acceptors (Lipinski definition) is 2. The molecule has 0 spiro atoms. The van der Waals surface area contributed by atoms with Crippen LogP contribution in [0.3, 0.4) is 0 Å². The van der Waals surface area contributed by atoms with E-state index in [4.69, 9.17) is 11.6 Å². The molecule has 1 N–H and O–H groups in total. The summed E-state index contributed by atoms with van der Waals surface area (Å²) in [7, 11) is 0. The molecule has 208 valence electrons. The summed E-state index contributed by atoms with van der Waals surface area (Å²) in [4.78, 5) is 13.0. The Bertz CT molecular complexity index is 1160. The number of carboxylic acids is 1. The van der Waals surface area contributed by atoms with Crippen LogP contribution in [-0.4, -0.2) is 22.5 Å². The van der Waals surface area contributed by atoms with Crippen molar-refractivity contribution in [3.63, 3.8) is 0 Å². The van der Waals surface area contributed by atoms with Crippen molar-refractivity contribution in [2.24, 2.45) is 5.92 Å². The minimum atomic E-state index is -4.90. The van der Waals surface area contributed by atoms with Gasteiger partial charge in [0, 0.05) is 24.1 Å². The van der Waals surface area contributed by atoms with Crippen LogP contribution in [0.2, 0.25) is 5.02 Å². The average Bonchev–Trinajstić information content (AvgIpc) is 2.80. The van der Waals surface area contributed by atoms with Crippen molar-refractivity contribution in [1.82, 2.24) is 4.90 Å². The second-order valence-electron chi connectivity index (χ2n) is 9.69. The first-order valence-corrected chi connectivity index (χ1v) is 12.3. The van der Waals surface area contributed by atoms with Crippen molar-refractivity contribution in [3.05, 3.63) is 81.6 Å². The predicted octanol–water partition coefficient (Wildman–Crippen LogP) is 8.84. The molecule has 1 fully saturated rings. The third kappa shape index (κ3) is 7.08. The standard InChI is InChI=1S/C27H27ClF7NO2/c1-15(2)3-10-21(24-19(27(33,34)35)8-9-20(28)25(24)29)36-12-11-16(14-23(37)38)13-22(36)17-4-6-18(7-5-17)26(30,31)32/h4-9,16,21-22H,1,3,10-14H2,2H3,(H,37,38). The molecule has 38 heavy (non-hydrogen) atoms. The molecule has 0 saturated carbocycles. The van der Waals surface area contributed by atoms with E-state index in [1.54, 1.807) is 11.8 Å². The molecule has 0 aromatic heterocycles. The molecule has 1 aliphatic heterocycles. The number of nitrogens with zero attached hydrogens (tertiary/aromatic N) is 1. The summed E-state index contributed by atoms with van der Waals surface area (Å²) in [6.45, 7) is 5.59. The van der Waals surface area contributed by atoms with Crippen molar-refractivity contribution in [1.29, 1.82) is 0 Å². The summed E-state index contributed by atoms with van der Waals surface area (Å²) < 4.78 is 97.0. The molecule has 1 saturated heterocycles. The van der Waals surface area contributed by atoms with Gasteiger partial charge in [0.15, 0.2) is 0 Å². The molecular formula is C27H27ClF7NO2. The minimum Gasteiger partial charge on any atom is -0.481 e. The van der Waals surface area contributed by atoms with Crippen molar-refractivity contribution >= 4 is 17.6 Å². The van der Waals surface area contributed by atoms with Gasteiger partial charge in [-0.15, -0.1) is 6.58 Å². The summed E-state index contributed by atoms with van der Waals surface area (Å²) in [6, 6.07) is 3.86. The second kappa shape index (κ2) is 11.7. The van der Waals surface area contributed by atoms with Crippen LogP contribution < -0.4 is 0 Å². The van der Waals surface area contributed by atoms with Crippen molar-refractivity contribution in [2.75, 3.05) is 6.54 Å². The second-order valence-corrected chi connectivity index (χ2v) is 10.1. The highest BCUT2D eigenvalue weighted by Crippen LogP contribution is 2.47. The van der Waals surface area contributed by atoms with Crippen LogP contribution in [0.15, 0.2) is 48.6 Å². The SMILES string of the molecule is C=C(C)CCC(c1c(C(F)(F)F)ccc(Cl)c1F)N1CCC(CC(=O)O)CC1c1ccc(C(F)(F)F)cc1. The van der Waals surface area contributed by atoms with Crippen LogP contribution in [0.5, 0.6) is 0 Å². The molecule has 0 aliphatic carbocycles. The third-order valence-corrected chi connectivity index (χ3v) is 7.15. The number of carbonyl (C=O) groups is 1. The lowest BCUT2D eigenvalue weighted by Gasteiger charge is -2.45. The molecular weight excluding hydrogens is 539 g/mol. The molecule has 0 radical (unpaired) electrons. The minimum absolute atomic E-state index is 0.0381. The zero-order chi connectivity index (χ0) is 28.4. The maximum atomic E-state index is 15.4. The van der Waals surface area contributed by atoms with Crippen LogP contribution in [0.25, 0.3) is 0 Å². The smallest absolute Gasteiger partial charge is 0.416 e. The molecule has 1 heterocycles. The molecule has 2 aromatic rings. The third-order valence-electron chi connectivity index (χ3n) is 6.85. The molecule has 1 aliphatic rings. The van der Waals surface area contributed by atoms with E-state index in [1.165, 1.54) is 12.1 Å². The summed E-state index contributed by atoms with van der Waals surface area (Å²) in [5.74, 6) is -2.65. The number of allylic oxidation sites excluding steroid dienone is 1. The molecule has 0 amide bonds. The number of aliphatic carboxylic acids is 1. The Balaban J connectivity index is 2.16. The highest BCUT2D eigenvalue weighted by atomic mass is 35.5. The number of halogens is 8. The van der Waals surface area contributed by atoms with E-state index in [0.717, 1.165) is 24.3 Å². The zero-order valence-corrected chi connectivity index (χ0v) is 21.2. The van der Waals surface area contributed by atoms with Gasteiger partial charge in [-0.2, -0.15) is 26.3 Å². The maximum absolute atomic E-state index is 15.4. The maximum Gasteiger partial charge on any atom is 0.416 e. The van der Waals surface area contributed by atoms with Crippen molar-refractivity contribution in [2.45, 2.75) is 63.5 Å². The summed E-state index contributed by atoms with van der Waals surface area (Å²) in [5.41, 5.74) is -1.71. The van der Waals surface area contributed by atoms with E-state index >= 15 is 4.39 Å². The van der Waals surface area contributed by atoms with Gasteiger partial charge in [-0.25, -0.2) is 4.39 Å². The first-order chi connectivity index (χ1) is 17.6. The first-order valence-electron chi connectivity index (χ1n) is 11.9. The number of hydrogen-bond donors (Lipinski definition) is 1. The van der Waals surface area contributed by atoms with E-state index in [-0.39, 0.29) is 38.1 Å². The monoisotopic (exact) mass is 565 g/mol. The van der Waals surface area contributed by atoms with E-state index in [0.29, 0.717) is 17.6 Å². The lowest BCUT2D eigenvalue weighted by molar-refractivity contribution is -0.140. The highest BCUT2D eigenvalue weighted by Gasteiger charge is 2.42. The number of benzene rings is 2. The van der Waals surface area contributed by atoms with Crippen molar-refractivity contribution < 1.29 is 40.6 Å². The van der Waals surface area contributed by atoms with Gasteiger partial charge in [0.25, 0.3) is 0 Å². The largest absolute Gasteiger partial charge is 0.481 e. The quantitative estimate of drug-likeness (QED) is 0.257. The normalized spacial score (nSPS) is 19.8. The Morgan fingerprint density at radius 2 is 1.74 bits per heavy atom. The zero-order valence-electron chi connectivity index (χ0n) is 20.5.